The lowest BCUT2D eigenvalue weighted by Crippen LogP contribution is -2.45. The zero-order chi connectivity index (χ0) is 14.0. The molecular weight excluding hydrogens is 242 g/mol. The number of rotatable bonds is 3. The molecule has 2 rings (SSSR count). The van der Waals surface area contributed by atoms with Crippen LogP contribution in [-0.2, 0) is 9.59 Å². The lowest BCUT2D eigenvalue weighted by Gasteiger charge is -2.39. The van der Waals surface area contributed by atoms with E-state index in [-0.39, 0.29) is 11.9 Å². The monoisotopic (exact) mass is 261 g/mol. The van der Waals surface area contributed by atoms with E-state index in [1.165, 1.54) is 0 Å². The van der Waals surface area contributed by atoms with Gasteiger partial charge >= 0.3 is 5.97 Å². The first kappa shape index (κ1) is 13.6. The van der Waals surface area contributed by atoms with Crippen molar-refractivity contribution >= 4 is 11.9 Å². The average molecular weight is 261 g/mol. The second-order valence-electron chi connectivity index (χ2n) is 4.96. The van der Waals surface area contributed by atoms with Gasteiger partial charge in [0.05, 0.1) is 12.0 Å². The van der Waals surface area contributed by atoms with Gasteiger partial charge in [-0.3, -0.25) is 9.59 Å². The summed E-state index contributed by atoms with van der Waals surface area (Å²) in [5, 5.41) is 9.42. The highest BCUT2D eigenvalue weighted by atomic mass is 16.4. The highest BCUT2D eigenvalue weighted by Gasteiger charge is 2.40. The Labute approximate surface area is 113 Å². The van der Waals surface area contributed by atoms with Gasteiger partial charge in [0.1, 0.15) is 0 Å². The van der Waals surface area contributed by atoms with Crippen LogP contribution in [0, 0.1) is 12.8 Å². The number of carboxylic acid groups (broad SMARTS) is 1. The molecule has 1 heterocycles. The number of nitrogens with zero attached hydrogens (tertiary/aromatic N) is 1. The average Bonchev–Trinajstić information content (AvgIpc) is 2.38. The Bertz CT molecular complexity index is 496. The summed E-state index contributed by atoms with van der Waals surface area (Å²) in [6.45, 7) is 4.40. The first-order valence-electron chi connectivity index (χ1n) is 6.64. The topological polar surface area (TPSA) is 57.6 Å². The molecule has 4 nitrogen and oxygen atoms in total. The molecule has 1 aliphatic rings. The van der Waals surface area contributed by atoms with E-state index in [9.17, 15) is 14.7 Å². The first-order valence-corrected chi connectivity index (χ1v) is 6.64. The van der Waals surface area contributed by atoms with Crippen molar-refractivity contribution in [2.75, 3.05) is 6.54 Å². The van der Waals surface area contributed by atoms with Gasteiger partial charge < -0.3 is 10.0 Å². The van der Waals surface area contributed by atoms with Gasteiger partial charge in [-0.25, -0.2) is 0 Å². The van der Waals surface area contributed by atoms with E-state index in [0.717, 1.165) is 11.1 Å². The van der Waals surface area contributed by atoms with Gasteiger partial charge in [-0.2, -0.15) is 0 Å². The maximum Gasteiger partial charge on any atom is 0.308 e. The molecule has 0 saturated carbocycles. The van der Waals surface area contributed by atoms with Crippen LogP contribution in [0.1, 0.15) is 36.9 Å². The zero-order valence-electron chi connectivity index (χ0n) is 11.3. The number of piperidine rings is 1. The number of hydrogen-bond donors (Lipinski definition) is 1. The molecule has 0 aliphatic carbocycles. The largest absolute Gasteiger partial charge is 0.481 e. The molecule has 1 aliphatic heterocycles. The molecule has 1 aromatic carbocycles. The SMILES string of the molecule is CCN1C(=O)CC[C@H](C(=O)O)[C@H]1c1ccccc1C. The van der Waals surface area contributed by atoms with Crippen LogP contribution in [0.3, 0.4) is 0 Å². The summed E-state index contributed by atoms with van der Waals surface area (Å²) in [5.41, 5.74) is 1.98. The summed E-state index contributed by atoms with van der Waals surface area (Å²) in [5.74, 6) is -1.29. The van der Waals surface area contributed by atoms with E-state index >= 15 is 0 Å². The Hall–Kier alpha value is -1.84. The quantitative estimate of drug-likeness (QED) is 0.908. The molecule has 0 radical (unpaired) electrons. The predicted octanol–water partition coefficient (Wildman–Crippen LogP) is 2.38. The fourth-order valence-corrected chi connectivity index (χ4v) is 2.89. The highest BCUT2D eigenvalue weighted by molar-refractivity contribution is 5.81. The highest BCUT2D eigenvalue weighted by Crippen LogP contribution is 2.37. The molecule has 1 amide bonds. The molecule has 0 unspecified atom stereocenters. The molecule has 1 N–H and O–H groups in total. The van der Waals surface area contributed by atoms with E-state index in [4.69, 9.17) is 0 Å². The summed E-state index contributed by atoms with van der Waals surface area (Å²) in [6.07, 6.45) is 0.747. The fraction of sp³-hybridized carbons (Fsp3) is 0.467. The maximum absolute atomic E-state index is 12.0. The number of carboxylic acids is 1. The molecule has 1 fully saturated rings. The Kier molecular flexibility index (Phi) is 3.88. The Morgan fingerprint density at radius 2 is 2.11 bits per heavy atom. The van der Waals surface area contributed by atoms with Crippen LogP contribution >= 0.6 is 0 Å². The smallest absolute Gasteiger partial charge is 0.308 e. The maximum atomic E-state index is 12.0. The van der Waals surface area contributed by atoms with Crippen LogP contribution in [0.25, 0.3) is 0 Å². The van der Waals surface area contributed by atoms with Gasteiger partial charge in [0.25, 0.3) is 0 Å². The Balaban J connectivity index is 2.47. The Morgan fingerprint density at radius 3 is 2.68 bits per heavy atom. The lowest BCUT2D eigenvalue weighted by atomic mass is 9.83. The standard InChI is InChI=1S/C15H19NO3/c1-3-16-13(17)9-8-12(15(18)19)14(16)11-7-5-4-6-10(11)2/h4-7,12,14H,3,8-9H2,1-2H3,(H,18,19)/t12-,14+/m0/s1. The number of likely N-dealkylation sites (tertiary alicyclic amines) is 1. The lowest BCUT2D eigenvalue weighted by molar-refractivity contribution is -0.151. The van der Waals surface area contributed by atoms with Crippen LogP contribution in [0.4, 0.5) is 0 Å². The number of carbonyl (C=O) groups is 2. The van der Waals surface area contributed by atoms with Gasteiger partial charge in [0.15, 0.2) is 0 Å². The van der Waals surface area contributed by atoms with Crippen molar-refractivity contribution in [3.05, 3.63) is 35.4 Å². The predicted molar refractivity (Wildman–Crippen MR) is 71.7 cm³/mol. The molecule has 0 spiro atoms. The molecular formula is C15H19NO3. The summed E-state index contributed by atoms with van der Waals surface area (Å²) < 4.78 is 0. The minimum atomic E-state index is -0.820. The van der Waals surface area contributed by atoms with Gasteiger partial charge in [0, 0.05) is 13.0 Å². The van der Waals surface area contributed by atoms with Crippen molar-refractivity contribution in [1.29, 1.82) is 0 Å². The Morgan fingerprint density at radius 1 is 1.42 bits per heavy atom. The molecule has 1 aromatic rings. The number of hydrogen-bond acceptors (Lipinski definition) is 2. The van der Waals surface area contributed by atoms with E-state index < -0.39 is 11.9 Å². The van der Waals surface area contributed by atoms with E-state index in [1.807, 2.05) is 38.1 Å². The van der Waals surface area contributed by atoms with Crippen molar-refractivity contribution in [2.24, 2.45) is 5.92 Å². The van der Waals surface area contributed by atoms with Gasteiger partial charge in [0.2, 0.25) is 5.91 Å². The van der Waals surface area contributed by atoms with E-state index in [2.05, 4.69) is 0 Å². The third-order valence-corrected chi connectivity index (χ3v) is 3.87. The minimum absolute atomic E-state index is 0.0493. The normalized spacial score (nSPS) is 23.5. The van der Waals surface area contributed by atoms with Crippen molar-refractivity contribution in [1.82, 2.24) is 4.90 Å². The van der Waals surface area contributed by atoms with Crippen LogP contribution in [0.2, 0.25) is 0 Å². The molecule has 0 aromatic heterocycles. The fourth-order valence-electron chi connectivity index (χ4n) is 2.89. The number of aryl methyl sites for hydroxylation is 1. The van der Waals surface area contributed by atoms with E-state index in [0.29, 0.717) is 19.4 Å². The van der Waals surface area contributed by atoms with Crippen molar-refractivity contribution in [3.63, 3.8) is 0 Å². The van der Waals surface area contributed by atoms with Crippen molar-refractivity contribution in [3.8, 4) is 0 Å². The summed E-state index contributed by atoms with van der Waals surface area (Å²) in [6, 6.07) is 7.37. The van der Waals surface area contributed by atoms with Gasteiger partial charge in [-0.1, -0.05) is 24.3 Å². The molecule has 19 heavy (non-hydrogen) atoms. The molecule has 4 heteroatoms. The third-order valence-electron chi connectivity index (χ3n) is 3.87. The van der Waals surface area contributed by atoms with Crippen molar-refractivity contribution < 1.29 is 14.7 Å². The first-order chi connectivity index (χ1) is 9.06. The number of carbonyl (C=O) groups excluding carboxylic acids is 1. The second kappa shape index (κ2) is 5.43. The number of benzene rings is 1. The molecule has 2 atom stereocenters. The summed E-state index contributed by atoms with van der Waals surface area (Å²) >= 11 is 0. The minimum Gasteiger partial charge on any atom is -0.481 e. The third kappa shape index (κ3) is 2.48. The number of amides is 1. The van der Waals surface area contributed by atoms with Gasteiger partial charge in [-0.15, -0.1) is 0 Å². The number of aliphatic carboxylic acids is 1. The zero-order valence-corrected chi connectivity index (χ0v) is 11.3. The van der Waals surface area contributed by atoms with Crippen molar-refractivity contribution in [2.45, 2.75) is 32.7 Å². The molecule has 1 saturated heterocycles. The van der Waals surface area contributed by atoms with Crippen LogP contribution < -0.4 is 0 Å². The molecule has 102 valence electrons. The van der Waals surface area contributed by atoms with Crippen LogP contribution in [-0.4, -0.2) is 28.4 Å². The van der Waals surface area contributed by atoms with Crippen LogP contribution in [0.5, 0.6) is 0 Å². The van der Waals surface area contributed by atoms with E-state index in [1.54, 1.807) is 4.90 Å². The second-order valence-corrected chi connectivity index (χ2v) is 4.96. The molecule has 0 bridgehead atoms. The summed E-state index contributed by atoms with van der Waals surface area (Å²) in [4.78, 5) is 25.2. The van der Waals surface area contributed by atoms with Gasteiger partial charge in [-0.05, 0) is 31.4 Å². The van der Waals surface area contributed by atoms with Crippen LogP contribution in [0.15, 0.2) is 24.3 Å². The summed E-state index contributed by atoms with van der Waals surface area (Å²) in [7, 11) is 0.